The fourth-order valence-electron chi connectivity index (χ4n) is 2.98. The predicted molar refractivity (Wildman–Crippen MR) is 95.5 cm³/mol. The molecule has 1 fully saturated rings. The highest BCUT2D eigenvalue weighted by Crippen LogP contribution is 2.29. The molecule has 0 radical (unpaired) electrons. The lowest BCUT2D eigenvalue weighted by Gasteiger charge is -2.34. The van der Waals surface area contributed by atoms with E-state index in [2.05, 4.69) is 62.4 Å². The van der Waals surface area contributed by atoms with Crippen LogP contribution in [0.3, 0.4) is 0 Å². The molecule has 7 heteroatoms. The molecule has 0 saturated carbocycles. The Labute approximate surface area is 145 Å². The van der Waals surface area contributed by atoms with Crippen molar-refractivity contribution in [1.29, 1.82) is 0 Å². The molecule has 24 heavy (non-hydrogen) atoms. The Bertz CT molecular complexity index is 819. The molecule has 1 aliphatic heterocycles. The van der Waals surface area contributed by atoms with Gasteiger partial charge in [-0.25, -0.2) is 0 Å². The topological polar surface area (TPSA) is 58.3 Å². The van der Waals surface area contributed by atoms with Crippen LogP contribution in [0.2, 0.25) is 0 Å². The van der Waals surface area contributed by atoms with Crippen molar-refractivity contribution in [1.82, 2.24) is 19.4 Å². The van der Waals surface area contributed by atoms with E-state index in [-0.39, 0.29) is 0 Å². The van der Waals surface area contributed by atoms with E-state index in [9.17, 15) is 0 Å². The lowest BCUT2D eigenvalue weighted by molar-refractivity contribution is 0.215. The molecular formula is C17H21N5OS. The molecular weight excluding hydrogens is 322 g/mol. The Hall–Kier alpha value is -1.99. The largest absolute Gasteiger partial charge is 0.353 e. The van der Waals surface area contributed by atoms with Crippen LogP contribution < -0.4 is 4.90 Å². The van der Waals surface area contributed by atoms with Gasteiger partial charge in [0.15, 0.2) is 5.82 Å². The number of fused-ring (bicyclic) bond motifs is 1. The highest BCUT2D eigenvalue weighted by molar-refractivity contribution is 7.13. The van der Waals surface area contributed by atoms with Crippen molar-refractivity contribution in [2.45, 2.75) is 26.3 Å². The molecule has 3 aromatic rings. The van der Waals surface area contributed by atoms with Crippen LogP contribution in [0.5, 0.6) is 0 Å². The maximum Gasteiger partial charge on any atom is 0.240 e. The average Bonchev–Trinajstić information content (AvgIpc) is 3.23. The number of piperazine rings is 1. The second-order valence-electron chi connectivity index (χ2n) is 6.47. The third-order valence-corrected chi connectivity index (χ3v) is 5.21. The molecule has 4 rings (SSSR count). The summed E-state index contributed by atoms with van der Waals surface area (Å²) in [7, 11) is 0. The van der Waals surface area contributed by atoms with Gasteiger partial charge in [-0.05, 0) is 23.7 Å². The summed E-state index contributed by atoms with van der Waals surface area (Å²) in [5.41, 5.74) is 0. The van der Waals surface area contributed by atoms with Gasteiger partial charge in [-0.2, -0.15) is 9.36 Å². The summed E-state index contributed by atoms with van der Waals surface area (Å²) < 4.78 is 11.3. The molecule has 0 bridgehead atoms. The van der Waals surface area contributed by atoms with Crippen molar-refractivity contribution in [2.24, 2.45) is 0 Å². The fourth-order valence-corrected chi connectivity index (χ4v) is 3.77. The van der Waals surface area contributed by atoms with Gasteiger partial charge in [-0.15, -0.1) is 0 Å². The van der Waals surface area contributed by atoms with Crippen LogP contribution in [0, 0.1) is 0 Å². The summed E-state index contributed by atoms with van der Waals surface area (Å²) in [4.78, 5) is 9.21. The van der Waals surface area contributed by atoms with Crippen LogP contribution in [-0.2, 0) is 6.54 Å². The van der Waals surface area contributed by atoms with Gasteiger partial charge in [0.25, 0.3) is 0 Å². The number of hydrogen-bond donors (Lipinski definition) is 0. The van der Waals surface area contributed by atoms with Gasteiger partial charge in [0, 0.05) is 37.5 Å². The van der Waals surface area contributed by atoms with Gasteiger partial charge >= 0.3 is 0 Å². The van der Waals surface area contributed by atoms with E-state index in [0.717, 1.165) is 44.4 Å². The van der Waals surface area contributed by atoms with E-state index in [1.807, 2.05) is 0 Å². The second-order valence-corrected chi connectivity index (χ2v) is 7.27. The number of hydrogen-bond acceptors (Lipinski definition) is 7. The van der Waals surface area contributed by atoms with Gasteiger partial charge in [0.05, 0.1) is 11.2 Å². The zero-order valence-electron chi connectivity index (χ0n) is 14.0. The maximum atomic E-state index is 5.36. The molecule has 1 aliphatic rings. The zero-order valence-corrected chi connectivity index (χ0v) is 14.8. The van der Waals surface area contributed by atoms with Crippen LogP contribution in [0.4, 0.5) is 5.82 Å². The normalized spacial score (nSPS) is 16.4. The molecule has 1 saturated heterocycles. The highest BCUT2D eigenvalue weighted by atomic mass is 32.1. The first-order chi connectivity index (χ1) is 11.7. The second kappa shape index (κ2) is 6.49. The Balaban J connectivity index is 1.39. The standard InChI is InChI=1S/C17H21N5OS/c1-12(2)16-18-15(23-19-16)11-21-7-9-22(10-8-21)17-13-5-3-4-6-14(13)24-20-17/h3-6,12H,7-11H2,1-2H3. The molecule has 0 N–H and O–H groups in total. The molecule has 2 aromatic heterocycles. The Kier molecular flexibility index (Phi) is 4.20. The summed E-state index contributed by atoms with van der Waals surface area (Å²) in [5, 5.41) is 5.30. The van der Waals surface area contributed by atoms with Crippen molar-refractivity contribution in [2.75, 3.05) is 31.1 Å². The van der Waals surface area contributed by atoms with E-state index in [1.54, 1.807) is 11.5 Å². The predicted octanol–water partition coefficient (Wildman–Crippen LogP) is 3.12. The molecule has 0 atom stereocenters. The third kappa shape index (κ3) is 3.01. The maximum absolute atomic E-state index is 5.36. The highest BCUT2D eigenvalue weighted by Gasteiger charge is 2.22. The summed E-state index contributed by atoms with van der Waals surface area (Å²) in [5.74, 6) is 2.93. The van der Waals surface area contributed by atoms with Gasteiger partial charge in [0.2, 0.25) is 5.89 Å². The van der Waals surface area contributed by atoms with Crippen molar-refractivity contribution in [3.05, 3.63) is 36.0 Å². The van der Waals surface area contributed by atoms with Crippen LogP contribution in [-0.4, -0.2) is 45.6 Å². The molecule has 0 unspecified atom stereocenters. The molecule has 0 amide bonds. The fraction of sp³-hybridized carbons (Fsp3) is 0.471. The molecule has 0 spiro atoms. The number of benzene rings is 1. The quantitative estimate of drug-likeness (QED) is 0.725. The minimum Gasteiger partial charge on any atom is -0.353 e. The minimum absolute atomic E-state index is 0.303. The summed E-state index contributed by atoms with van der Waals surface area (Å²) >= 11 is 1.58. The SMILES string of the molecule is CC(C)c1noc(CN2CCN(c3nsc4ccccc34)CC2)n1. The Morgan fingerprint density at radius 3 is 2.71 bits per heavy atom. The first kappa shape index (κ1) is 15.5. The van der Waals surface area contributed by atoms with Crippen LogP contribution in [0.15, 0.2) is 28.8 Å². The summed E-state index contributed by atoms with van der Waals surface area (Å²) in [6.45, 7) is 8.77. The smallest absolute Gasteiger partial charge is 0.240 e. The molecule has 3 heterocycles. The van der Waals surface area contributed by atoms with E-state index < -0.39 is 0 Å². The van der Waals surface area contributed by atoms with Crippen molar-refractivity contribution in [3.63, 3.8) is 0 Å². The van der Waals surface area contributed by atoms with Gasteiger partial charge in [0.1, 0.15) is 5.82 Å². The molecule has 6 nitrogen and oxygen atoms in total. The molecule has 0 aliphatic carbocycles. The number of anilines is 1. The number of aromatic nitrogens is 3. The Morgan fingerprint density at radius 2 is 1.96 bits per heavy atom. The number of nitrogens with zero attached hydrogens (tertiary/aromatic N) is 5. The van der Waals surface area contributed by atoms with E-state index in [4.69, 9.17) is 4.52 Å². The first-order valence-electron chi connectivity index (χ1n) is 8.35. The summed E-state index contributed by atoms with van der Waals surface area (Å²) in [6, 6.07) is 8.44. The van der Waals surface area contributed by atoms with E-state index in [0.29, 0.717) is 11.8 Å². The van der Waals surface area contributed by atoms with Gasteiger partial charge in [-0.1, -0.05) is 31.1 Å². The van der Waals surface area contributed by atoms with Crippen molar-refractivity contribution in [3.8, 4) is 0 Å². The van der Waals surface area contributed by atoms with Crippen LogP contribution in [0.1, 0.15) is 31.5 Å². The first-order valence-corrected chi connectivity index (χ1v) is 9.12. The zero-order chi connectivity index (χ0) is 16.5. The van der Waals surface area contributed by atoms with Crippen molar-refractivity contribution < 1.29 is 4.52 Å². The van der Waals surface area contributed by atoms with E-state index >= 15 is 0 Å². The van der Waals surface area contributed by atoms with Crippen molar-refractivity contribution >= 4 is 27.4 Å². The summed E-state index contributed by atoms with van der Waals surface area (Å²) in [6.07, 6.45) is 0. The molecule has 126 valence electrons. The lowest BCUT2D eigenvalue weighted by atomic mass is 10.2. The van der Waals surface area contributed by atoms with Crippen LogP contribution >= 0.6 is 11.5 Å². The third-order valence-electron chi connectivity index (χ3n) is 4.39. The Morgan fingerprint density at radius 1 is 1.17 bits per heavy atom. The van der Waals surface area contributed by atoms with Crippen LogP contribution in [0.25, 0.3) is 10.1 Å². The van der Waals surface area contributed by atoms with Gasteiger partial charge in [-0.3, -0.25) is 4.90 Å². The minimum atomic E-state index is 0.303. The average molecular weight is 343 g/mol. The molecule has 1 aromatic carbocycles. The van der Waals surface area contributed by atoms with E-state index in [1.165, 1.54) is 10.1 Å². The lowest BCUT2D eigenvalue weighted by Crippen LogP contribution is -2.46. The number of rotatable bonds is 4. The van der Waals surface area contributed by atoms with Gasteiger partial charge < -0.3 is 9.42 Å². The monoisotopic (exact) mass is 343 g/mol.